The van der Waals surface area contributed by atoms with Crippen molar-refractivity contribution in [2.45, 2.75) is 69.4 Å². The van der Waals surface area contributed by atoms with Gasteiger partial charge in [-0.05, 0) is 92.0 Å². The molecule has 3 saturated heterocycles. The first kappa shape index (κ1) is 32.7. The van der Waals surface area contributed by atoms with Gasteiger partial charge in [0.25, 0.3) is 0 Å². The lowest BCUT2D eigenvalue weighted by molar-refractivity contribution is -0.134. The summed E-state index contributed by atoms with van der Waals surface area (Å²) in [7, 11) is -3.37. The lowest BCUT2D eigenvalue weighted by Crippen LogP contribution is -2.44. The summed E-state index contributed by atoms with van der Waals surface area (Å²) in [5, 5.41) is 8.75. The van der Waals surface area contributed by atoms with E-state index in [9.17, 15) is 26.8 Å². The van der Waals surface area contributed by atoms with Gasteiger partial charge in [-0.15, -0.1) is 11.3 Å². The number of nitrogens with one attached hydrogen (secondary N) is 2. The summed E-state index contributed by atoms with van der Waals surface area (Å²) in [5.74, 6) is 0.0353. The smallest absolute Gasteiger partial charge is 0.387 e. The van der Waals surface area contributed by atoms with Gasteiger partial charge >= 0.3 is 6.61 Å². The van der Waals surface area contributed by atoms with Gasteiger partial charge in [-0.2, -0.15) is 8.78 Å². The fraction of sp³-hybridized carbons (Fsp3) is 0.548. The van der Waals surface area contributed by atoms with E-state index in [4.69, 9.17) is 0 Å². The molecule has 3 aliphatic heterocycles. The summed E-state index contributed by atoms with van der Waals surface area (Å²) in [6, 6.07) is 6.53. The largest absolute Gasteiger partial charge is 0.432 e. The van der Waals surface area contributed by atoms with Crippen LogP contribution in [-0.2, 0) is 19.6 Å². The predicted octanol–water partition coefficient (Wildman–Crippen LogP) is 4.29. The second-order valence-corrected chi connectivity index (χ2v) is 15.2. The maximum Gasteiger partial charge on any atom is 0.387 e. The number of aromatic nitrogens is 2. The van der Waals surface area contributed by atoms with Crippen molar-refractivity contribution in [2.24, 2.45) is 0 Å². The third-order valence-corrected chi connectivity index (χ3v) is 12.1. The van der Waals surface area contributed by atoms with E-state index in [-0.39, 0.29) is 41.2 Å². The lowest BCUT2D eigenvalue weighted by Gasteiger charge is -2.33. The number of hydrogen-bond acceptors (Lipinski definition) is 10. The van der Waals surface area contributed by atoms with Gasteiger partial charge in [0.1, 0.15) is 0 Å². The van der Waals surface area contributed by atoms with Crippen LogP contribution >= 0.6 is 11.3 Å². The van der Waals surface area contributed by atoms with Crippen molar-refractivity contribution in [2.75, 3.05) is 43.8 Å². The molecule has 0 bridgehead atoms. The Kier molecular flexibility index (Phi) is 10.1. The first-order valence-electron chi connectivity index (χ1n) is 15.7. The van der Waals surface area contributed by atoms with E-state index >= 15 is 0 Å². The second kappa shape index (κ2) is 14.2. The van der Waals surface area contributed by atoms with E-state index in [2.05, 4.69) is 53.8 Å². The summed E-state index contributed by atoms with van der Waals surface area (Å²) >= 11 is 1.65. The molecule has 248 valence electrons. The average molecular weight is 677 g/mol. The summed E-state index contributed by atoms with van der Waals surface area (Å²) in [6.45, 7) is 0.450. The molecule has 0 spiro atoms. The predicted molar refractivity (Wildman–Crippen MR) is 171 cm³/mol. The van der Waals surface area contributed by atoms with Gasteiger partial charge in [-0.3, -0.25) is 14.9 Å². The number of piperidine rings is 3. The van der Waals surface area contributed by atoms with E-state index in [0.29, 0.717) is 51.1 Å². The molecule has 11 nitrogen and oxygen atoms in total. The average Bonchev–Trinajstić information content (AvgIpc) is 3.45. The maximum absolute atomic E-state index is 13.0. The van der Waals surface area contributed by atoms with Crippen LogP contribution in [0.3, 0.4) is 0 Å². The highest BCUT2D eigenvalue weighted by atomic mass is 32.2. The van der Waals surface area contributed by atoms with Crippen LogP contribution in [0.1, 0.15) is 67.9 Å². The number of halogens is 2. The van der Waals surface area contributed by atoms with Gasteiger partial charge in [-0.1, -0.05) is 12.1 Å². The third-order valence-electron chi connectivity index (χ3n) is 9.21. The number of alkyl halides is 2. The molecule has 2 N–H and O–H groups in total. The van der Waals surface area contributed by atoms with Crippen LogP contribution in [0, 0.1) is 0 Å². The van der Waals surface area contributed by atoms with Crippen molar-refractivity contribution in [1.29, 1.82) is 0 Å². The van der Waals surface area contributed by atoms with Crippen LogP contribution < -0.4 is 15.4 Å². The summed E-state index contributed by atoms with van der Waals surface area (Å²) < 4.78 is 57.7. The first-order chi connectivity index (χ1) is 22.1. The Morgan fingerprint density at radius 1 is 1.04 bits per heavy atom. The Morgan fingerprint density at radius 3 is 2.48 bits per heavy atom. The van der Waals surface area contributed by atoms with Gasteiger partial charge in [0.2, 0.25) is 27.8 Å². The normalized spacial score (nSPS) is 21.2. The van der Waals surface area contributed by atoms with Crippen molar-refractivity contribution >= 4 is 49.2 Å². The zero-order valence-corrected chi connectivity index (χ0v) is 27.0. The molecular weight excluding hydrogens is 639 g/mol. The lowest BCUT2D eigenvalue weighted by atomic mass is 9.87. The number of ether oxygens (including phenoxy) is 1. The SMILES string of the molecule is O=C1CCC(c2csc3cc(C4CCN(CCCS(=O)(=O)N5CCC(Nc6ncc(OC(F)F)cn6)CC5)CC4)ccc23)C(=O)N1. The van der Waals surface area contributed by atoms with E-state index in [1.807, 2.05) is 0 Å². The van der Waals surface area contributed by atoms with Crippen LogP contribution in [-0.4, -0.2) is 90.5 Å². The number of benzene rings is 1. The van der Waals surface area contributed by atoms with Gasteiger partial charge in [0.05, 0.1) is 24.1 Å². The Hall–Kier alpha value is -3.27. The number of rotatable bonds is 11. The third kappa shape index (κ3) is 7.81. The molecule has 3 aromatic rings. The van der Waals surface area contributed by atoms with Crippen molar-refractivity contribution in [3.05, 3.63) is 47.1 Å². The number of imide groups is 1. The molecule has 2 amide bonds. The number of sulfonamides is 1. The minimum absolute atomic E-state index is 0.0115. The molecule has 0 radical (unpaired) electrons. The highest BCUT2D eigenvalue weighted by Crippen LogP contribution is 2.38. The fourth-order valence-corrected chi connectivity index (χ4v) is 9.27. The highest BCUT2D eigenvalue weighted by molar-refractivity contribution is 7.89. The molecule has 0 saturated carbocycles. The summed E-state index contributed by atoms with van der Waals surface area (Å²) in [5.41, 5.74) is 2.30. The van der Waals surface area contributed by atoms with Gasteiger partial charge in [-0.25, -0.2) is 22.7 Å². The quantitative estimate of drug-likeness (QED) is 0.286. The maximum atomic E-state index is 13.0. The summed E-state index contributed by atoms with van der Waals surface area (Å²) in [4.78, 5) is 34.3. The number of fused-ring (bicyclic) bond motifs is 1. The topological polar surface area (TPSA) is 134 Å². The first-order valence-corrected chi connectivity index (χ1v) is 18.2. The minimum atomic E-state index is -3.37. The van der Waals surface area contributed by atoms with Crippen LogP contribution in [0.25, 0.3) is 10.1 Å². The van der Waals surface area contributed by atoms with Crippen LogP contribution in [0.4, 0.5) is 14.7 Å². The molecule has 3 aliphatic rings. The van der Waals surface area contributed by atoms with Crippen molar-refractivity contribution in [3.8, 4) is 5.75 Å². The summed E-state index contributed by atoms with van der Waals surface area (Å²) in [6.07, 6.45) is 7.06. The van der Waals surface area contributed by atoms with E-state index < -0.39 is 16.6 Å². The van der Waals surface area contributed by atoms with E-state index in [1.54, 1.807) is 15.6 Å². The van der Waals surface area contributed by atoms with Gasteiger partial charge in [0, 0.05) is 30.3 Å². The number of likely N-dealkylation sites (tertiary alicyclic amines) is 1. The number of hydrogen-bond donors (Lipinski definition) is 2. The van der Waals surface area contributed by atoms with Crippen molar-refractivity contribution < 1.29 is 31.5 Å². The molecule has 6 rings (SSSR count). The molecule has 0 aliphatic carbocycles. The highest BCUT2D eigenvalue weighted by Gasteiger charge is 2.31. The molecule has 5 heterocycles. The molecule has 1 unspecified atom stereocenters. The number of nitrogens with zero attached hydrogens (tertiary/aromatic N) is 4. The molecule has 2 aromatic heterocycles. The molecule has 1 atom stereocenters. The zero-order valence-electron chi connectivity index (χ0n) is 25.4. The standard InChI is InChI=1S/C31H38F2N6O5S2/c32-30(33)44-23-17-34-31(35-18-23)36-22-8-13-39(14-9-22)46(42,43)15-1-10-38-11-6-20(7-12-38)21-2-3-24-26(19-45-27(24)16-21)25-4-5-28(40)37-29(25)41/h2-3,16-20,22,25,30H,1,4-15H2,(H,34,35,36)(H,37,40,41). The van der Waals surface area contributed by atoms with E-state index in [0.717, 1.165) is 48.1 Å². The van der Waals surface area contributed by atoms with Gasteiger partial charge < -0.3 is 15.0 Å². The number of carbonyl (C=O) groups excluding carboxylic acids is 2. The van der Waals surface area contributed by atoms with E-state index in [1.165, 1.54) is 18.0 Å². The second-order valence-electron chi connectivity index (χ2n) is 12.2. The Balaban J connectivity index is 0.921. The number of anilines is 1. The van der Waals surface area contributed by atoms with Gasteiger partial charge in [0.15, 0.2) is 5.75 Å². The van der Waals surface area contributed by atoms with Crippen molar-refractivity contribution in [3.63, 3.8) is 0 Å². The monoisotopic (exact) mass is 676 g/mol. The van der Waals surface area contributed by atoms with Crippen LogP contribution in [0.5, 0.6) is 5.75 Å². The Bertz CT molecular complexity index is 1640. The molecule has 1 aromatic carbocycles. The van der Waals surface area contributed by atoms with Crippen molar-refractivity contribution in [1.82, 2.24) is 24.5 Å². The Labute approximate surface area is 270 Å². The number of thiophene rings is 1. The molecule has 15 heteroatoms. The Morgan fingerprint density at radius 2 is 1.78 bits per heavy atom. The molecular formula is C31H38F2N6O5S2. The fourth-order valence-electron chi connectivity index (χ4n) is 6.68. The number of carbonyl (C=O) groups is 2. The van der Waals surface area contributed by atoms with Crippen LogP contribution in [0.2, 0.25) is 0 Å². The zero-order chi connectivity index (χ0) is 32.3. The number of amides is 2. The minimum Gasteiger partial charge on any atom is -0.432 e. The van der Waals surface area contributed by atoms with Crippen LogP contribution in [0.15, 0.2) is 36.0 Å². The molecule has 46 heavy (non-hydrogen) atoms. The molecule has 3 fully saturated rings.